The molecule has 9 aromatic rings. The van der Waals surface area contributed by atoms with Crippen LogP contribution >= 0.6 is 0 Å². The van der Waals surface area contributed by atoms with Crippen molar-refractivity contribution >= 4 is 0 Å². The van der Waals surface area contributed by atoms with Gasteiger partial charge in [0.05, 0.1) is 0 Å². The van der Waals surface area contributed by atoms with E-state index in [0.717, 1.165) is 38.9 Å². The Balaban J connectivity index is 1.07. The van der Waals surface area contributed by atoms with E-state index in [-0.39, 0.29) is 0 Å². The molecule has 8 aromatic carbocycles. The van der Waals surface area contributed by atoms with E-state index in [1.165, 1.54) is 33.4 Å². The second-order valence-corrected chi connectivity index (χ2v) is 13.3. The van der Waals surface area contributed by atoms with E-state index in [4.69, 9.17) is 15.0 Å². The number of hydrogen-bond acceptors (Lipinski definition) is 3. The Labute approximate surface area is 316 Å². The van der Waals surface area contributed by atoms with Gasteiger partial charge in [-0.15, -0.1) is 0 Å². The maximum absolute atomic E-state index is 5.06. The molecule has 0 radical (unpaired) electrons. The fourth-order valence-electron chi connectivity index (χ4n) is 6.91. The van der Waals surface area contributed by atoms with E-state index in [2.05, 4.69) is 200 Å². The molecule has 1 aromatic heterocycles. The summed E-state index contributed by atoms with van der Waals surface area (Å²) in [6.07, 6.45) is 0. The molecule has 0 amide bonds. The summed E-state index contributed by atoms with van der Waals surface area (Å²) < 4.78 is 0. The fourth-order valence-corrected chi connectivity index (χ4v) is 6.91. The van der Waals surface area contributed by atoms with Crippen molar-refractivity contribution in [2.75, 3.05) is 0 Å². The van der Waals surface area contributed by atoms with Crippen molar-refractivity contribution in [3.63, 3.8) is 0 Å². The predicted molar refractivity (Wildman–Crippen MR) is 223 cm³/mol. The smallest absolute Gasteiger partial charge is 0.164 e. The summed E-state index contributed by atoms with van der Waals surface area (Å²) in [4.78, 5) is 15.1. The average molecular weight is 690 g/mol. The van der Waals surface area contributed by atoms with Crippen molar-refractivity contribution < 1.29 is 0 Å². The Hall–Kier alpha value is -7.23. The van der Waals surface area contributed by atoms with Gasteiger partial charge in [-0.1, -0.05) is 212 Å². The molecule has 3 nitrogen and oxygen atoms in total. The summed E-state index contributed by atoms with van der Waals surface area (Å²) in [5.41, 5.74) is 14.5. The van der Waals surface area contributed by atoms with Crippen molar-refractivity contribution in [1.29, 1.82) is 0 Å². The predicted octanol–water partition coefficient (Wildman–Crippen LogP) is 13.2. The fraction of sp³-hybridized carbons (Fsp3) is 0. The van der Waals surface area contributed by atoms with Crippen molar-refractivity contribution in [1.82, 2.24) is 15.0 Å². The monoisotopic (exact) mass is 689 g/mol. The first-order valence-corrected chi connectivity index (χ1v) is 18.2. The standard InChI is InChI=1S/C51H35N3/c1-4-12-36(13-5-1)38-20-22-40(23-21-38)41-26-32-45(33-27-41)50-52-49(44-30-24-39(25-31-44)37-14-6-2-7-15-37)53-51(54-50)46-34-28-43(29-35-46)48-19-11-10-18-47(48)42-16-8-3-9-17-42/h1-35H. The van der Waals surface area contributed by atoms with Crippen molar-refractivity contribution in [3.8, 4) is 89.8 Å². The van der Waals surface area contributed by atoms with Crippen LogP contribution in [0.25, 0.3) is 89.8 Å². The molecule has 0 saturated heterocycles. The van der Waals surface area contributed by atoms with Gasteiger partial charge in [0.15, 0.2) is 17.5 Å². The largest absolute Gasteiger partial charge is 0.208 e. The molecule has 0 spiro atoms. The normalized spacial score (nSPS) is 11.0. The third-order valence-corrected chi connectivity index (χ3v) is 9.82. The zero-order chi connectivity index (χ0) is 36.1. The number of nitrogens with zero attached hydrogens (tertiary/aromatic N) is 3. The third-order valence-electron chi connectivity index (χ3n) is 9.82. The Morgan fingerprint density at radius 2 is 0.370 bits per heavy atom. The van der Waals surface area contributed by atoms with Crippen molar-refractivity contribution in [2.24, 2.45) is 0 Å². The molecule has 0 atom stereocenters. The van der Waals surface area contributed by atoms with Crippen LogP contribution in [0.3, 0.4) is 0 Å². The van der Waals surface area contributed by atoms with Gasteiger partial charge in [0.2, 0.25) is 0 Å². The first-order chi connectivity index (χ1) is 26.7. The highest BCUT2D eigenvalue weighted by Crippen LogP contribution is 2.34. The summed E-state index contributed by atoms with van der Waals surface area (Å²) in [5, 5.41) is 0. The minimum absolute atomic E-state index is 0.630. The zero-order valence-electron chi connectivity index (χ0n) is 29.5. The highest BCUT2D eigenvalue weighted by molar-refractivity contribution is 5.84. The lowest BCUT2D eigenvalue weighted by Crippen LogP contribution is -2.00. The van der Waals surface area contributed by atoms with Gasteiger partial charge in [-0.2, -0.15) is 0 Å². The second-order valence-electron chi connectivity index (χ2n) is 13.3. The lowest BCUT2D eigenvalue weighted by molar-refractivity contribution is 1.07. The first-order valence-electron chi connectivity index (χ1n) is 18.2. The molecular weight excluding hydrogens is 655 g/mol. The Kier molecular flexibility index (Phi) is 8.94. The molecule has 0 aliphatic rings. The molecule has 0 aliphatic heterocycles. The second kappa shape index (κ2) is 14.8. The maximum atomic E-state index is 5.06. The van der Waals surface area contributed by atoms with E-state index >= 15 is 0 Å². The van der Waals surface area contributed by atoms with Crippen LogP contribution < -0.4 is 0 Å². The van der Waals surface area contributed by atoms with Gasteiger partial charge in [0.25, 0.3) is 0 Å². The molecule has 0 fully saturated rings. The van der Waals surface area contributed by atoms with Crippen LogP contribution in [0.2, 0.25) is 0 Å². The quantitative estimate of drug-likeness (QED) is 0.159. The van der Waals surface area contributed by atoms with Gasteiger partial charge in [-0.3, -0.25) is 0 Å². The van der Waals surface area contributed by atoms with Crippen LogP contribution in [0.15, 0.2) is 212 Å². The molecule has 54 heavy (non-hydrogen) atoms. The van der Waals surface area contributed by atoms with Gasteiger partial charge >= 0.3 is 0 Å². The molecule has 0 unspecified atom stereocenters. The minimum atomic E-state index is 0.630. The Morgan fingerprint density at radius 3 is 0.685 bits per heavy atom. The molecule has 254 valence electrons. The van der Waals surface area contributed by atoms with E-state index in [1.807, 2.05) is 12.1 Å². The van der Waals surface area contributed by atoms with Crippen LogP contribution in [0.5, 0.6) is 0 Å². The zero-order valence-corrected chi connectivity index (χ0v) is 29.5. The Bertz CT molecular complexity index is 2640. The molecule has 0 saturated carbocycles. The third kappa shape index (κ3) is 6.87. The van der Waals surface area contributed by atoms with E-state index in [0.29, 0.717) is 17.5 Å². The van der Waals surface area contributed by atoms with Crippen molar-refractivity contribution in [2.45, 2.75) is 0 Å². The van der Waals surface area contributed by atoms with Crippen LogP contribution in [0.1, 0.15) is 0 Å². The van der Waals surface area contributed by atoms with Crippen LogP contribution in [-0.4, -0.2) is 15.0 Å². The topological polar surface area (TPSA) is 38.7 Å². The molecular formula is C51H35N3. The van der Waals surface area contributed by atoms with Gasteiger partial charge in [-0.05, 0) is 55.6 Å². The number of benzene rings is 8. The highest BCUT2D eigenvalue weighted by atomic mass is 15.0. The molecule has 3 heteroatoms. The summed E-state index contributed by atoms with van der Waals surface area (Å²) in [5.74, 6) is 1.89. The highest BCUT2D eigenvalue weighted by Gasteiger charge is 2.14. The van der Waals surface area contributed by atoms with Gasteiger partial charge in [0, 0.05) is 16.7 Å². The number of aromatic nitrogens is 3. The molecule has 0 aliphatic carbocycles. The summed E-state index contributed by atoms with van der Waals surface area (Å²) >= 11 is 0. The Morgan fingerprint density at radius 1 is 0.167 bits per heavy atom. The van der Waals surface area contributed by atoms with E-state index in [1.54, 1.807) is 0 Å². The van der Waals surface area contributed by atoms with E-state index < -0.39 is 0 Å². The average Bonchev–Trinajstić information content (AvgIpc) is 3.27. The summed E-state index contributed by atoms with van der Waals surface area (Å²) in [6, 6.07) is 74.1. The van der Waals surface area contributed by atoms with E-state index in [9.17, 15) is 0 Å². The van der Waals surface area contributed by atoms with Gasteiger partial charge in [0.1, 0.15) is 0 Å². The number of hydrogen-bond donors (Lipinski definition) is 0. The first kappa shape index (κ1) is 32.7. The number of rotatable bonds is 8. The minimum Gasteiger partial charge on any atom is -0.208 e. The molecule has 0 N–H and O–H groups in total. The van der Waals surface area contributed by atoms with Gasteiger partial charge < -0.3 is 0 Å². The lowest BCUT2D eigenvalue weighted by atomic mass is 9.94. The molecule has 0 bridgehead atoms. The van der Waals surface area contributed by atoms with Crippen LogP contribution in [-0.2, 0) is 0 Å². The maximum Gasteiger partial charge on any atom is 0.164 e. The summed E-state index contributed by atoms with van der Waals surface area (Å²) in [7, 11) is 0. The molecule has 9 rings (SSSR count). The summed E-state index contributed by atoms with van der Waals surface area (Å²) in [6.45, 7) is 0. The van der Waals surface area contributed by atoms with Crippen molar-refractivity contribution in [3.05, 3.63) is 212 Å². The molecule has 1 heterocycles. The SMILES string of the molecule is c1ccc(-c2ccc(-c3ccc(-c4nc(-c5ccc(-c6ccccc6)cc5)nc(-c5ccc(-c6ccccc6-c6ccccc6)cc5)n4)cc3)cc2)cc1. The van der Waals surface area contributed by atoms with Crippen LogP contribution in [0, 0.1) is 0 Å². The van der Waals surface area contributed by atoms with Gasteiger partial charge in [-0.25, -0.2) is 15.0 Å². The van der Waals surface area contributed by atoms with Crippen LogP contribution in [0.4, 0.5) is 0 Å². The lowest BCUT2D eigenvalue weighted by Gasteiger charge is -2.12.